The first kappa shape index (κ1) is 77.8. The summed E-state index contributed by atoms with van der Waals surface area (Å²) in [5.74, 6) is -0.973. The fraction of sp³-hybridized carbons (Fsp3) is 0.597. The molecule has 0 fully saturated rings. The number of esters is 3. The van der Waals surface area contributed by atoms with Crippen LogP contribution in [-0.4, -0.2) is 37.2 Å². The van der Waals surface area contributed by atoms with Gasteiger partial charge in [0.25, 0.3) is 0 Å². The average Bonchev–Trinajstić information content (AvgIpc) is 3.49. The van der Waals surface area contributed by atoms with Crippen LogP contribution in [0, 0.1) is 0 Å². The van der Waals surface area contributed by atoms with Gasteiger partial charge in [-0.1, -0.05) is 274 Å². The molecular weight excluding hydrogens is 1020 g/mol. The molecule has 6 nitrogen and oxygen atoms in total. The maximum absolute atomic E-state index is 12.9. The molecule has 0 aromatic carbocycles. The van der Waals surface area contributed by atoms with Crippen molar-refractivity contribution in [3.05, 3.63) is 170 Å². The van der Waals surface area contributed by atoms with Crippen molar-refractivity contribution < 1.29 is 28.6 Å². The highest BCUT2D eigenvalue weighted by Crippen LogP contribution is 2.14. The van der Waals surface area contributed by atoms with E-state index in [2.05, 4.69) is 191 Å². The third kappa shape index (κ3) is 67.4. The quantitative estimate of drug-likeness (QED) is 0.0261. The first-order valence-electron chi connectivity index (χ1n) is 33.6. The lowest BCUT2D eigenvalue weighted by Gasteiger charge is -2.18. The normalized spacial score (nSPS) is 13.2. The van der Waals surface area contributed by atoms with Gasteiger partial charge in [-0.2, -0.15) is 0 Å². The maximum Gasteiger partial charge on any atom is 0.306 e. The molecule has 0 heterocycles. The molecule has 0 aromatic heterocycles. The van der Waals surface area contributed by atoms with E-state index in [0.717, 1.165) is 154 Å². The Balaban J connectivity index is 4.42. The van der Waals surface area contributed by atoms with Crippen molar-refractivity contribution >= 4 is 17.9 Å². The molecule has 0 bridgehead atoms. The molecule has 0 saturated heterocycles. The van der Waals surface area contributed by atoms with Gasteiger partial charge in [-0.05, 0) is 154 Å². The SMILES string of the molecule is CC/C=C\C/C=C\C/C=C\C/C=C\C/C=C\C/C=C\C/C=C\C/C=C\C/C=C\C/C=C\CCCCC(=O)OCC(COC(=O)CCCCCCC/C=C\C/C=C\CCC)OC(=O)CCCCCCCCCCC/C=C\C/C=C\CCCCC. The van der Waals surface area contributed by atoms with E-state index in [9.17, 15) is 14.4 Å². The summed E-state index contributed by atoms with van der Waals surface area (Å²) in [5, 5.41) is 0. The average molecular weight is 1140 g/mol. The van der Waals surface area contributed by atoms with Crippen LogP contribution in [0.25, 0.3) is 0 Å². The topological polar surface area (TPSA) is 78.9 Å². The summed E-state index contributed by atoms with van der Waals surface area (Å²) in [6.45, 7) is 6.38. The molecule has 0 N–H and O–H groups in total. The fourth-order valence-electron chi connectivity index (χ4n) is 8.66. The van der Waals surface area contributed by atoms with Crippen LogP contribution in [0.2, 0.25) is 0 Å². The zero-order valence-electron chi connectivity index (χ0n) is 53.4. The lowest BCUT2D eigenvalue weighted by molar-refractivity contribution is -0.167. The largest absolute Gasteiger partial charge is 0.462 e. The molecule has 83 heavy (non-hydrogen) atoms. The van der Waals surface area contributed by atoms with Crippen LogP contribution in [0.3, 0.4) is 0 Å². The van der Waals surface area contributed by atoms with Gasteiger partial charge in [0.2, 0.25) is 0 Å². The number of rotatable bonds is 59. The van der Waals surface area contributed by atoms with Crippen LogP contribution in [0.15, 0.2) is 170 Å². The van der Waals surface area contributed by atoms with Crippen molar-refractivity contribution in [2.24, 2.45) is 0 Å². The third-order valence-electron chi connectivity index (χ3n) is 13.7. The van der Waals surface area contributed by atoms with Crippen molar-refractivity contribution in [2.45, 2.75) is 284 Å². The number of unbranched alkanes of at least 4 members (excludes halogenated alkanes) is 20. The van der Waals surface area contributed by atoms with E-state index in [1.165, 1.54) is 77.0 Å². The van der Waals surface area contributed by atoms with Crippen LogP contribution in [0.5, 0.6) is 0 Å². The zero-order chi connectivity index (χ0) is 59.9. The molecular formula is C77H122O6. The highest BCUT2D eigenvalue weighted by Gasteiger charge is 2.19. The fourth-order valence-corrected chi connectivity index (χ4v) is 8.66. The second-order valence-electron chi connectivity index (χ2n) is 21.6. The molecule has 0 rings (SSSR count). The van der Waals surface area contributed by atoms with E-state index in [0.29, 0.717) is 25.7 Å². The molecule has 0 aliphatic heterocycles. The lowest BCUT2D eigenvalue weighted by atomic mass is 10.1. The standard InChI is InChI=1S/C77H122O6/c1-4-7-10-13-16-19-22-25-27-29-31-32-33-34-35-36-37-38-39-40-41-42-43-44-46-47-49-52-55-58-61-64-67-70-76(79)82-73-74(72-81-75(78)69-66-63-60-57-54-51-24-21-18-15-12-9-6-3)83-77(80)71-68-65-62-59-56-53-50-48-45-30-28-26-23-20-17-14-11-8-5-2/h7,10,12,15-17,19-21,24-28,31-32,34-35,37-38,40-41,43-44,47,49,55,58,74H,4-6,8-9,11,13-14,18,22-23,29-30,33,36,39,42,45-46,48,50-54,56-57,59-73H2,1-3H3/b10-7-,15-12-,19-16-,20-17-,24-21-,27-25-,28-26-,32-31-,35-34-,38-37-,41-40-,44-43-,49-47-,58-55-. The summed E-state index contributed by atoms with van der Waals surface area (Å²) >= 11 is 0. The number of allylic oxidation sites excluding steroid dienone is 28. The van der Waals surface area contributed by atoms with E-state index in [-0.39, 0.29) is 31.1 Å². The van der Waals surface area contributed by atoms with Gasteiger partial charge < -0.3 is 14.2 Å². The molecule has 0 amide bonds. The molecule has 1 unspecified atom stereocenters. The van der Waals surface area contributed by atoms with E-state index < -0.39 is 6.10 Å². The van der Waals surface area contributed by atoms with Crippen LogP contribution < -0.4 is 0 Å². The Bertz CT molecular complexity index is 1890. The highest BCUT2D eigenvalue weighted by atomic mass is 16.6. The van der Waals surface area contributed by atoms with E-state index in [1.807, 2.05) is 0 Å². The van der Waals surface area contributed by atoms with Crippen molar-refractivity contribution in [3.63, 3.8) is 0 Å². The van der Waals surface area contributed by atoms with Crippen molar-refractivity contribution in [1.82, 2.24) is 0 Å². The predicted molar refractivity (Wildman–Crippen MR) is 361 cm³/mol. The number of carbonyl (C=O) groups is 3. The van der Waals surface area contributed by atoms with Gasteiger partial charge >= 0.3 is 17.9 Å². The molecule has 0 aliphatic rings. The van der Waals surface area contributed by atoms with Crippen molar-refractivity contribution in [2.75, 3.05) is 13.2 Å². The van der Waals surface area contributed by atoms with Gasteiger partial charge in [0, 0.05) is 19.3 Å². The lowest BCUT2D eigenvalue weighted by Crippen LogP contribution is -2.30. The van der Waals surface area contributed by atoms with Crippen LogP contribution in [-0.2, 0) is 28.6 Å². The minimum atomic E-state index is -0.814. The van der Waals surface area contributed by atoms with Gasteiger partial charge in [-0.25, -0.2) is 0 Å². The Morgan fingerprint density at radius 3 is 0.807 bits per heavy atom. The minimum absolute atomic E-state index is 0.107. The molecule has 1 atom stereocenters. The van der Waals surface area contributed by atoms with E-state index >= 15 is 0 Å². The third-order valence-corrected chi connectivity index (χ3v) is 13.7. The van der Waals surface area contributed by atoms with Gasteiger partial charge in [0.1, 0.15) is 13.2 Å². The first-order chi connectivity index (χ1) is 41.0. The van der Waals surface area contributed by atoms with Crippen molar-refractivity contribution in [3.8, 4) is 0 Å². The Labute approximate surface area is 511 Å². The monoisotopic (exact) mass is 1140 g/mol. The molecule has 0 spiro atoms. The Hall–Kier alpha value is -5.23. The second kappa shape index (κ2) is 69.3. The molecule has 466 valence electrons. The van der Waals surface area contributed by atoms with Crippen LogP contribution in [0.1, 0.15) is 278 Å². The summed E-state index contributed by atoms with van der Waals surface area (Å²) < 4.78 is 16.9. The Kier molecular flexibility index (Phi) is 64.9. The highest BCUT2D eigenvalue weighted by molar-refractivity contribution is 5.71. The summed E-state index contributed by atoms with van der Waals surface area (Å²) in [6.07, 6.45) is 102. The first-order valence-corrected chi connectivity index (χ1v) is 33.6. The summed E-state index contributed by atoms with van der Waals surface area (Å²) in [7, 11) is 0. The smallest absolute Gasteiger partial charge is 0.306 e. The van der Waals surface area contributed by atoms with E-state index in [1.54, 1.807) is 0 Å². The van der Waals surface area contributed by atoms with Crippen molar-refractivity contribution in [1.29, 1.82) is 0 Å². The van der Waals surface area contributed by atoms with Gasteiger partial charge in [0.05, 0.1) is 0 Å². The molecule has 0 saturated carbocycles. The summed E-state index contributed by atoms with van der Waals surface area (Å²) in [5.41, 5.74) is 0. The Morgan fingerprint density at radius 2 is 0.494 bits per heavy atom. The molecule has 0 aromatic rings. The molecule has 6 heteroatoms. The number of hydrogen-bond donors (Lipinski definition) is 0. The number of carbonyl (C=O) groups excluding carboxylic acids is 3. The maximum atomic E-state index is 12.9. The minimum Gasteiger partial charge on any atom is -0.462 e. The Morgan fingerprint density at radius 1 is 0.253 bits per heavy atom. The molecule has 0 radical (unpaired) electrons. The number of ether oxygens (including phenoxy) is 3. The zero-order valence-corrected chi connectivity index (χ0v) is 53.4. The number of hydrogen-bond acceptors (Lipinski definition) is 6. The predicted octanol–water partition coefficient (Wildman–Crippen LogP) is 23.4. The van der Waals surface area contributed by atoms with E-state index in [4.69, 9.17) is 14.2 Å². The van der Waals surface area contributed by atoms with Gasteiger partial charge in [0.15, 0.2) is 6.10 Å². The second-order valence-corrected chi connectivity index (χ2v) is 21.6. The van der Waals surface area contributed by atoms with Gasteiger partial charge in [-0.15, -0.1) is 0 Å². The summed E-state index contributed by atoms with van der Waals surface area (Å²) in [4.78, 5) is 38.3. The van der Waals surface area contributed by atoms with Crippen LogP contribution >= 0.6 is 0 Å². The van der Waals surface area contributed by atoms with Crippen LogP contribution in [0.4, 0.5) is 0 Å². The van der Waals surface area contributed by atoms with Gasteiger partial charge in [-0.3, -0.25) is 14.4 Å². The molecule has 0 aliphatic carbocycles. The summed E-state index contributed by atoms with van der Waals surface area (Å²) in [6, 6.07) is 0.